The van der Waals surface area contributed by atoms with Crippen LogP contribution in [-0.4, -0.2) is 21.4 Å². The summed E-state index contributed by atoms with van der Waals surface area (Å²) in [4.78, 5) is 0. The van der Waals surface area contributed by atoms with E-state index in [1.807, 2.05) is 6.92 Å². The second kappa shape index (κ2) is 5.35. The van der Waals surface area contributed by atoms with Crippen LogP contribution in [0.5, 0.6) is 5.75 Å². The number of aliphatic hydroxyl groups excluding tert-OH is 2. The first-order valence-electron chi connectivity index (χ1n) is 4.89. The van der Waals surface area contributed by atoms with Crippen molar-refractivity contribution < 1.29 is 15.3 Å². The van der Waals surface area contributed by atoms with Gasteiger partial charge in [0.05, 0.1) is 17.2 Å². The van der Waals surface area contributed by atoms with Gasteiger partial charge in [0.1, 0.15) is 5.75 Å². The third-order valence-electron chi connectivity index (χ3n) is 2.34. The summed E-state index contributed by atoms with van der Waals surface area (Å²) in [6.45, 7) is 1.83. The molecule has 84 valence electrons. The highest BCUT2D eigenvalue weighted by molar-refractivity contribution is 6.32. The molecule has 15 heavy (non-hydrogen) atoms. The fraction of sp³-hybridized carbons (Fsp3) is 0.455. The van der Waals surface area contributed by atoms with Crippen molar-refractivity contribution in [2.24, 2.45) is 0 Å². The molecule has 0 bridgehead atoms. The van der Waals surface area contributed by atoms with E-state index >= 15 is 0 Å². The summed E-state index contributed by atoms with van der Waals surface area (Å²) < 4.78 is 0. The largest absolute Gasteiger partial charge is 0.506 e. The zero-order valence-corrected chi connectivity index (χ0v) is 9.28. The zero-order valence-electron chi connectivity index (χ0n) is 8.52. The molecule has 3 nitrogen and oxygen atoms in total. The molecule has 0 fully saturated rings. The Morgan fingerprint density at radius 1 is 1.33 bits per heavy atom. The maximum Gasteiger partial charge on any atom is 0.139 e. The first kappa shape index (κ1) is 12.3. The molecule has 2 unspecified atom stereocenters. The third kappa shape index (κ3) is 3.09. The molecular weight excluding hydrogens is 216 g/mol. The van der Waals surface area contributed by atoms with Crippen LogP contribution in [0.3, 0.4) is 0 Å². The lowest BCUT2D eigenvalue weighted by Crippen LogP contribution is -2.11. The second-order valence-electron chi connectivity index (χ2n) is 3.49. The molecule has 0 aromatic heterocycles. The highest BCUT2D eigenvalue weighted by atomic mass is 35.5. The summed E-state index contributed by atoms with van der Waals surface area (Å²) in [5.41, 5.74) is 0.356. The molecule has 0 saturated heterocycles. The van der Waals surface area contributed by atoms with Crippen molar-refractivity contribution in [3.8, 4) is 5.75 Å². The van der Waals surface area contributed by atoms with Gasteiger partial charge in [0, 0.05) is 12.0 Å². The minimum atomic E-state index is -0.890. The molecule has 2 atom stereocenters. The Balaban J connectivity index is 2.82. The first-order chi connectivity index (χ1) is 7.06. The molecule has 4 heteroatoms. The van der Waals surface area contributed by atoms with Crippen LogP contribution in [0.4, 0.5) is 0 Å². The first-order valence-corrected chi connectivity index (χ1v) is 5.27. The van der Waals surface area contributed by atoms with Crippen molar-refractivity contribution in [1.29, 1.82) is 0 Å². The number of para-hydroxylation sites is 1. The van der Waals surface area contributed by atoms with Crippen LogP contribution < -0.4 is 0 Å². The predicted molar refractivity (Wildman–Crippen MR) is 59.0 cm³/mol. The zero-order chi connectivity index (χ0) is 11.4. The molecule has 0 amide bonds. The minimum Gasteiger partial charge on any atom is -0.506 e. The lowest BCUT2D eigenvalue weighted by molar-refractivity contribution is 0.0771. The average Bonchev–Trinajstić information content (AvgIpc) is 2.21. The molecule has 0 radical (unpaired) electrons. The van der Waals surface area contributed by atoms with Crippen molar-refractivity contribution in [3.05, 3.63) is 28.8 Å². The van der Waals surface area contributed by atoms with Gasteiger partial charge in [-0.2, -0.15) is 0 Å². The van der Waals surface area contributed by atoms with Crippen molar-refractivity contribution >= 4 is 11.6 Å². The van der Waals surface area contributed by atoms with E-state index in [1.54, 1.807) is 18.2 Å². The van der Waals surface area contributed by atoms with Crippen LogP contribution in [0.25, 0.3) is 0 Å². The Bertz CT molecular complexity index is 328. The number of aromatic hydroxyl groups is 1. The van der Waals surface area contributed by atoms with Crippen molar-refractivity contribution in [3.63, 3.8) is 0 Å². The molecule has 0 aliphatic carbocycles. The van der Waals surface area contributed by atoms with Crippen molar-refractivity contribution in [2.75, 3.05) is 0 Å². The summed E-state index contributed by atoms with van der Waals surface area (Å²) in [5, 5.41) is 28.9. The topological polar surface area (TPSA) is 60.7 Å². The summed E-state index contributed by atoms with van der Waals surface area (Å²) in [5.74, 6) is -0.116. The van der Waals surface area contributed by atoms with E-state index in [4.69, 9.17) is 11.6 Å². The minimum absolute atomic E-state index is 0.116. The van der Waals surface area contributed by atoms with E-state index in [-0.39, 0.29) is 17.2 Å². The number of phenols is 1. The molecular formula is C11H15ClO3. The predicted octanol–water partition coefficient (Wildman–Crippen LogP) is 2.24. The molecule has 1 rings (SSSR count). The van der Waals surface area contributed by atoms with E-state index in [1.165, 1.54) is 0 Å². The van der Waals surface area contributed by atoms with E-state index in [0.29, 0.717) is 12.0 Å². The molecule has 0 heterocycles. The average molecular weight is 231 g/mol. The monoisotopic (exact) mass is 230 g/mol. The molecule has 1 aromatic carbocycles. The maximum absolute atomic E-state index is 9.75. The molecule has 0 spiro atoms. The summed E-state index contributed by atoms with van der Waals surface area (Å²) >= 11 is 5.70. The fourth-order valence-corrected chi connectivity index (χ4v) is 1.53. The lowest BCUT2D eigenvalue weighted by Gasteiger charge is -2.16. The maximum atomic E-state index is 9.75. The van der Waals surface area contributed by atoms with Gasteiger partial charge in [-0.15, -0.1) is 0 Å². The van der Waals surface area contributed by atoms with Crippen LogP contribution in [0.2, 0.25) is 5.02 Å². The number of aliphatic hydroxyl groups is 2. The van der Waals surface area contributed by atoms with E-state index in [9.17, 15) is 15.3 Å². The van der Waals surface area contributed by atoms with Crippen LogP contribution >= 0.6 is 11.6 Å². The van der Waals surface area contributed by atoms with Crippen molar-refractivity contribution in [2.45, 2.75) is 32.0 Å². The van der Waals surface area contributed by atoms with Gasteiger partial charge in [-0.1, -0.05) is 30.7 Å². The second-order valence-corrected chi connectivity index (χ2v) is 3.90. The van der Waals surface area contributed by atoms with Gasteiger partial charge < -0.3 is 15.3 Å². The quantitative estimate of drug-likeness (QED) is 0.744. The number of phenolic OH excluding ortho intramolecular Hbond substituents is 1. The number of rotatable bonds is 4. The normalized spacial score (nSPS) is 14.9. The van der Waals surface area contributed by atoms with Gasteiger partial charge in [0.2, 0.25) is 0 Å². The number of halogens is 1. The van der Waals surface area contributed by atoms with Crippen LogP contribution in [0.15, 0.2) is 18.2 Å². The molecule has 0 aliphatic rings. The Morgan fingerprint density at radius 2 is 2.00 bits per heavy atom. The van der Waals surface area contributed by atoms with E-state index < -0.39 is 12.2 Å². The molecule has 0 aliphatic heterocycles. The Kier molecular flexibility index (Phi) is 4.39. The Labute approximate surface area is 93.9 Å². The number of hydrogen-bond acceptors (Lipinski definition) is 3. The summed E-state index contributed by atoms with van der Waals surface area (Å²) in [7, 11) is 0. The van der Waals surface area contributed by atoms with E-state index in [0.717, 1.165) is 0 Å². The fourth-order valence-electron chi connectivity index (χ4n) is 1.35. The van der Waals surface area contributed by atoms with Gasteiger partial charge in [-0.3, -0.25) is 0 Å². The molecule has 3 N–H and O–H groups in total. The van der Waals surface area contributed by atoms with Gasteiger partial charge in [-0.25, -0.2) is 0 Å². The SMILES string of the molecule is CCC(O)CC(O)c1cccc(Cl)c1O. The van der Waals surface area contributed by atoms with Gasteiger partial charge in [-0.05, 0) is 12.5 Å². The standard InChI is InChI=1S/C11H15ClO3/c1-2-7(13)6-10(14)8-4-3-5-9(12)11(8)15/h3-5,7,10,13-15H,2,6H2,1H3. The number of benzene rings is 1. The number of hydrogen-bond donors (Lipinski definition) is 3. The van der Waals surface area contributed by atoms with Crippen LogP contribution in [0, 0.1) is 0 Å². The third-order valence-corrected chi connectivity index (χ3v) is 2.65. The van der Waals surface area contributed by atoms with Gasteiger partial charge in [0.25, 0.3) is 0 Å². The van der Waals surface area contributed by atoms with Crippen LogP contribution in [-0.2, 0) is 0 Å². The summed E-state index contributed by atoms with van der Waals surface area (Å²) in [6.07, 6.45) is -0.694. The van der Waals surface area contributed by atoms with Crippen LogP contribution in [0.1, 0.15) is 31.4 Å². The van der Waals surface area contributed by atoms with Gasteiger partial charge in [0.15, 0.2) is 0 Å². The van der Waals surface area contributed by atoms with Gasteiger partial charge >= 0.3 is 0 Å². The van der Waals surface area contributed by atoms with E-state index in [2.05, 4.69) is 0 Å². The summed E-state index contributed by atoms with van der Waals surface area (Å²) in [6, 6.07) is 4.79. The Hall–Kier alpha value is -0.770. The Morgan fingerprint density at radius 3 is 2.60 bits per heavy atom. The molecule has 1 aromatic rings. The lowest BCUT2D eigenvalue weighted by atomic mass is 10.0. The smallest absolute Gasteiger partial charge is 0.139 e. The molecule has 0 saturated carbocycles. The van der Waals surface area contributed by atoms with Crippen molar-refractivity contribution in [1.82, 2.24) is 0 Å². The highest BCUT2D eigenvalue weighted by Crippen LogP contribution is 2.33. The highest BCUT2D eigenvalue weighted by Gasteiger charge is 2.17.